The molecule has 3 nitrogen and oxygen atoms in total. The van der Waals surface area contributed by atoms with Crippen LogP contribution in [-0.4, -0.2) is 34.2 Å². The quantitative estimate of drug-likeness (QED) is 0.772. The van der Waals surface area contributed by atoms with Crippen LogP contribution in [0.1, 0.15) is 26.0 Å². The molecule has 84 valence electrons. The molecule has 0 radical (unpaired) electrons. The van der Waals surface area contributed by atoms with E-state index < -0.39 is 0 Å². The first-order valence-electron chi connectivity index (χ1n) is 5.52. The molecule has 1 aromatic heterocycles. The Labute approximate surface area is 91.8 Å². The molecular formula is C12H20N2O. The van der Waals surface area contributed by atoms with E-state index in [1.54, 1.807) is 0 Å². The number of aliphatic hydroxyl groups is 1. The Morgan fingerprint density at radius 2 is 2.27 bits per heavy atom. The zero-order valence-electron chi connectivity index (χ0n) is 9.56. The van der Waals surface area contributed by atoms with Crippen LogP contribution >= 0.6 is 0 Å². The maximum Gasteiger partial charge on any atom is 0.0543 e. The molecule has 1 aromatic rings. The summed E-state index contributed by atoms with van der Waals surface area (Å²) >= 11 is 0. The second-order valence-corrected chi connectivity index (χ2v) is 3.83. The Bertz CT molecular complexity index is 262. The van der Waals surface area contributed by atoms with Crippen LogP contribution in [0.2, 0.25) is 0 Å². The van der Waals surface area contributed by atoms with Crippen molar-refractivity contribution in [1.82, 2.24) is 9.88 Å². The molecule has 0 aliphatic rings. The fourth-order valence-electron chi connectivity index (χ4n) is 1.44. The van der Waals surface area contributed by atoms with Crippen LogP contribution in [-0.2, 0) is 6.54 Å². The number of hydrogen-bond acceptors (Lipinski definition) is 3. The van der Waals surface area contributed by atoms with Gasteiger partial charge in [0.1, 0.15) is 0 Å². The van der Waals surface area contributed by atoms with Gasteiger partial charge in [0.05, 0.1) is 11.8 Å². The largest absolute Gasteiger partial charge is 0.393 e. The van der Waals surface area contributed by atoms with Gasteiger partial charge in [-0.2, -0.15) is 0 Å². The van der Waals surface area contributed by atoms with E-state index >= 15 is 0 Å². The van der Waals surface area contributed by atoms with Gasteiger partial charge >= 0.3 is 0 Å². The number of nitrogens with zero attached hydrogens (tertiary/aromatic N) is 2. The minimum Gasteiger partial charge on any atom is -0.393 e. The highest BCUT2D eigenvalue weighted by molar-refractivity contribution is 5.03. The molecule has 3 heteroatoms. The van der Waals surface area contributed by atoms with Crippen molar-refractivity contribution in [3.05, 3.63) is 30.1 Å². The van der Waals surface area contributed by atoms with Crippen molar-refractivity contribution in [2.45, 2.75) is 32.9 Å². The Kier molecular flexibility index (Phi) is 5.29. The number of aromatic nitrogens is 1. The topological polar surface area (TPSA) is 36.4 Å². The third-order valence-corrected chi connectivity index (χ3v) is 2.42. The molecule has 0 amide bonds. The molecule has 0 aliphatic carbocycles. The van der Waals surface area contributed by atoms with Gasteiger partial charge in [-0.25, -0.2) is 0 Å². The lowest BCUT2D eigenvalue weighted by atomic mass is 10.2. The van der Waals surface area contributed by atoms with Crippen molar-refractivity contribution in [2.24, 2.45) is 0 Å². The van der Waals surface area contributed by atoms with E-state index in [1.807, 2.05) is 31.3 Å². The van der Waals surface area contributed by atoms with E-state index in [2.05, 4.69) is 16.8 Å². The number of pyridine rings is 1. The number of hydrogen-bond donors (Lipinski definition) is 1. The third-order valence-electron chi connectivity index (χ3n) is 2.42. The smallest absolute Gasteiger partial charge is 0.0543 e. The molecule has 1 unspecified atom stereocenters. The molecule has 0 aliphatic heterocycles. The zero-order valence-corrected chi connectivity index (χ0v) is 9.56. The van der Waals surface area contributed by atoms with Crippen molar-refractivity contribution in [3.8, 4) is 0 Å². The maximum atomic E-state index is 9.22. The average Bonchev–Trinajstić information content (AvgIpc) is 2.25. The first-order valence-corrected chi connectivity index (χ1v) is 5.52. The Hall–Kier alpha value is -0.930. The predicted octanol–water partition coefficient (Wildman–Crippen LogP) is 1.67. The Morgan fingerprint density at radius 1 is 1.47 bits per heavy atom. The minimum absolute atomic E-state index is 0.220. The van der Waals surface area contributed by atoms with Gasteiger partial charge in [-0.05, 0) is 32.0 Å². The molecule has 0 fully saturated rings. The second-order valence-electron chi connectivity index (χ2n) is 3.83. The van der Waals surface area contributed by atoms with Crippen molar-refractivity contribution >= 4 is 0 Å². The third kappa shape index (κ3) is 4.91. The predicted molar refractivity (Wildman–Crippen MR) is 61.5 cm³/mol. The highest BCUT2D eigenvalue weighted by atomic mass is 16.3. The summed E-state index contributed by atoms with van der Waals surface area (Å²) in [6.45, 7) is 6.73. The summed E-state index contributed by atoms with van der Waals surface area (Å²) in [6.07, 6.45) is 2.42. The second kappa shape index (κ2) is 6.53. The molecule has 0 bridgehead atoms. The van der Waals surface area contributed by atoms with E-state index in [4.69, 9.17) is 0 Å². The van der Waals surface area contributed by atoms with Gasteiger partial charge < -0.3 is 5.11 Å². The number of aliphatic hydroxyl groups excluding tert-OH is 1. The minimum atomic E-state index is -0.220. The molecule has 0 saturated carbocycles. The van der Waals surface area contributed by atoms with Crippen LogP contribution in [0.5, 0.6) is 0 Å². The van der Waals surface area contributed by atoms with Crippen molar-refractivity contribution in [1.29, 1.82) is 0 Å². The number of rotatable bonds is 6. The molecule has 1 atom stereocenters. The highest BCUT2D eigenvalue weighted by Crippen LogP contribution is 2.02. The monoisotopic (exact) mass is 208 g/mol. The van der Waals surface area contributed by atoms with E-state index in [9.17, 15) is 5.11 Å². The summed E-state index contributed by atoms with van der Waals surface area (Å²) in [5, 5.41) is 9.22. The van der Waals surface area contributed by atoms with Crippen LogP contribution in [0.4, 0.5) is 0 Å². The lowest BCUT2D eigenvalue weighted by Gasteiger charge is -2.20. The molecule has 0 spiro atoms. The molecular weight excluding hydrogens is 188 g/mol. The van der Waals surface area contributed by atoms with Crippen molar-refractivity contribution in [3.63, 3.8) is 0 Å². The lowest BCUT2D eigenvalue weighted by Crippen LogP contribution is -2.26. The lowest BCUT2D eigenvalue weighted by molar-refractivity contribution is 0.155. The summed E-state index contributed by atoms with van der Waals surface area (Å²) in [4.78, 5) is 6.58. The molecule has 15 heavy (non-hydrogen) atoms. The highest BCUT2D eigenvalue weighted by Gasteiger charge is 2.05. The van der Waals surface area contributed by atoms with Crippen LogP contribution in [0.25, 0.3) is 0 Å². The fourth-order valence-corrected chi connectivity index (χ4v) is 1.44. The Balaban J connectivity index is 2.40. The average molecular weight is 208 g/mol. The first kappa shape index (κ1) is 12.1. The van der Waals surface area contributed by atoms with Crippen LogP contribution in [0, 0.1) is 0 Å². The van der Waals surface area contributed by atoms with Gasteiger partial charge in [0.15, 0.2) is 0 Å². The SMILES string of the molecule is CCN(CCC(C)O)Cc1ccccn1. The summed E-state index contributed by atoms with van der Waals surface area (Å²) < 4.78 is 0. The van der Waals surface area contributed by atoms with E-state index in [-0.39, 0.29) is 6.10 Å². The first-order chi connectivity index (χ1) is 7.22. The summed E-state index contributed by atoms with van der Waals surface area (Å²) in [6, 6.07) is 5.96. The molecule has 1 N–H and O–H groups in total. The Morgan fingerprint density at radius 3 is 2.80 bits per heavy atom. The normalized spacial score (nSPS) is 13.1. The van der Waals surface area contributed by atoms with Gasteiger partial charge in [0, 0.05) is 19.3 Å². The van der Waals surface area contributed by atoms with Crippen molar-refractivity contribution < 1.29 is 5.11 Å². The van der Waals surface area contributed by atoms with Crippen LogP contribution in [0.15, 0.2) is 24.4 Å². The molecule has 1 rings (SSSR count). The van der Waals surface area contributed by atoms with E-state index in [0.717, 1.165) is 31.7 Å². The van der Waals surface area contributed by atoms with Gasteiger partial charge in [-0.15, -0.1) is 0 Å². The van der Waals surface area contributed by atoms with Gasteiger partial charge in [0.25, 0.3) is 0 Å². The van der Waals surface area contributed by atoms with E-state index in [1.165, 1.54) is 0 Å². The van der Waals surface area contributed by atoms with Gasteiger partial charge in [-0.3, -0.25) is 9.88 Å². The van der Waals surface area contributed by atoms with Crippen molar-refractivity contribution in [2.75, 3.05) is 13.1 Å². The maximum absolute atomic E-state index is 9.22. The molecule has 0 aromatic carbocycles. The zero-order chi connectivity index (χ0) is 11.1. The molecule has 1 heterocycles. The summed E-state index contributed by atoms with van der Waals surface area (Å²) in [5.41, 5.74) is 1.09. The standard InChI is InChI=1S/C12H20N2O/c1-3-14(9-7-11(2)15)10-12-6-4-5-8-13-12/h4-6,8,11,15H,3,7,9-10H2,1-2H3. The van der Waals surface area contributed by atoms with E-state index in [0.29, 0.717) is 0 Å². The summed E-state index contributed by atoms with van der Waals surface area (Å²) in [5.74, 6) is 0. The van der Waals surface area contributed by atoms with Gasteiger partial charge in [0.2, 0.25) is 0 Å². The van der Waals surface area contributed by atoms with Crippen LogP contribution in [0.3, 0.4) is 0 Å². The van der Waals surface area contributed by atoms with Gasteiger partial charge in [-0.1, -0.05) is 13.0 Å². The molecule has 0 saturated heterocycles. The van der Waals surface area contributed by atoms with Crippen LogP contribution < -0.4 is 0 Å². The summed E-state index contributed by atoms with van der Waals surface area (Å²) in [7, 11) is 0. The fraction of sp³-hybridized carbons (Fsp3) is 0.583.